The predicted molar refractivity (Wildman–Crippen MR) is 122 cm³/mol. The smallest absolute Gasteiger partial charge is 0.254 e. The molecule has 3 aliphatic rings. The van der Waals surface area contributed by atoms with Crippen LogP contribution in [0.5, 0.6) is 5.75 Å². The molecule has 2 fully saturated rings. The van der Waals surface area contributed by atoms with E-state index in [-0.39, 0.29) is 17.4 Å². The number of amides is 1. The predicted octanol–water partition coefficient (Wildman–Crippen LogP) is 2.84. The number of likely N-dealkylation sites (tertiary alicyclic amines) is 1. The molecule has 0 bridgehead atoms. The molecule has 170 valence electrons. The van der Waals surface area contributed by atoms with E-state index in [1.54, 1.807) is 7.11 Å². The number of carbonyl (C=O) groups excluding carboxylic acids is 1. The van der Waals surface area contributed by atoms with Gasteiger partial charge in [0.25, 0.3) is 5.56 Å². The van der Waals surface area contributed by atoms with E-state index in [2.05, 4.69) is 22.0 Å². The summed E-state index contributed by atoms with van der Waals surface area (Å²) in [4.78, 5) is 37.9. The van der Waals surface area contributed by atoms with Crippen LogP contribution < -0.4 is 10.3 Å². The van der Waals surface area contributed by atoms with Crippen molar-refractivity contribution in [1.82, 2.24) is 19.8 Å². The van der Waals surface area contributed by atoms with Crippen molar-refractivity contribution in [2.45, 2.75) is 57.5 Å². The summed E-state index contributed by atoms with van der Waals surface area (Å²) in [7, 11) is 1.67. The van der Waals surface area contributed by atoms with E-state index in [1.165, 1.54) is 18.4 Å². The lowest BCUT2D eigenvalue weighted by Crippen LogP contribution is -2.36. The van der Waals surface area contributed by atoms with Gasteiger partial charge < -0.3 is 14.6 Å². The maximum Gasteiger partial charge on any atom is 0.254 e. The third-order valence-electron chi connectivity index (χ3n) is 7.33. The highest BCUT2D eigenvalue weighted by atomic mass is 16.5. The number of nitrogens with zero attached hydrogens (tertiary/aromatic N) is 3. The molecule has 0 spiro atoms. The van der Waals surface area contributed by atoms with Crippen molar-refractivity contribution >= 4 is 5.91 Å². The second-order valence-electron chi connectivity index (χ2n) is 9.44. The zero-order valence-electron chi connectivity index (χ0n) is 18.8. The van der Waals surface area contributed by atoms with Crippen molar-refractivity contribution in [2.24, 2.45) is 5.92 Å². The summed E-state index contributed by atoms with van der Waals surface area (Å²) in [5, 5.41) is 0. The van der Waals surface area contributed by atoms with Gasteiger partial charge in [0.15, 0.2) is 0 Å². The second-order valence-corrected chi connectivity index (χ2v) is 9.44. The minimum absolute atomic E-state index is 0.00494. The van der Waals surface area contributed by atoms with Crippen LogP contribution in [0.15, 0.2) is 29.1 Å². The van der Waals surface area contributed by atoms with Crippen LogP contribution in [0.1, 0.15) is 60.7 Å². The number of H-pyrrole nitrogens is 1. The minimum Gasteiger partial charge on any atom is -0.497 e. The van der Waals surface area contributed by atoms with Crippen LogP contribution >= 0.6 is 0 Å². The summed E-state index contributed by atoms with van der Waals surface area (Å²) < 4.78 is 5.25. The summed E-state index contributed by atoms with van der Waals surface area (Å²) in [5.74, 6) is 2.23. The summed E-state index contributed by atoms with van der Waals surface area (Å²) in [6.45, 7) is 3.78. The Kier molecular flexibility index (Phi) is 6.00. The second kappa shape index (κ2) is 9.06. The van der Waals surface area contributed by atoms with Gasteiger partial charge in [0.1, 0.15) is 11.6 Å². The Bertz CT molecular complexity index is 1030. The molecular weight excluding hydrogens is 404 g/mol. The van der Waals surface area contributed by atoms with Gasteiger partial charge in [0, 0.05) is 50.1 Å². The van der Waals surface area contributed by atoms with E-state index in [9.17, 15) is 9.59 Å². The molecular formula is C25H32N4O3. The number of carbonyl (C=O) groups is 1. The van der Waals surface area contributed by atoms with Crippen LogP contribution in [0.4, 0.5) is 0 Å². The molecule has 1 saturated heterocycles. The molecule has 2 aliphatic heterocycles. The van der Waals surface area contributed by atoms with Crippen LogP contribution in [-0.4, -0.2) is 52.4 Å². The highest BCUT2D eigenvalue weighted by Gasteiger charge is 2.34. The quantitative estimate of drug-likeness (QED) is 0.780. The SMILES string of the molecule is COc1ccc(CN2CCc3c(nc([C@@H]4CCN(C(=O)C5CCCC5)C4)[nH]c3=O)C2)cc1. The zero-order valence-corrected chi connectivity index (χ0v) is 18.8. The number of ether oxygens (including phenoxy) is 1. The number of hydrogen-bond donors (Lipinski definition) is 1. The number of methoxy groups -OCH3 is 1. The van der Waals surface area contributed by atoms with Gasteiger partial charge >= 0.3 is 0 Å². The Hall–Kier alpha value is -2.67. The molecule has 1 amide bonds. The maximum atomic E-state index is 12.8. The van der Waals surface area contributed by atoms with Gasteiger partial charge in [-0.2, -0.15) is 0 Å². The van der Waals surface area contributed by atoms with Crippen LogP contribution in [0, 0.1) is 5.92 Å². The molecule has 0 unspecified atom stereocenters. The Labute approximate surface area is 188 Å². The number of aromatic nitrogens is 2. The molecule has 1 aromatic carbocycles. The summed E-state index contributed by atoms with van der Waals surface area (Å²) in [6, 6.07) is 8.12. The first kappa shape index (κ1) is 21.2. The van der Waals surface area contributed by atoms with Crippen molar-refractivity contribution in [3.8, 4) is 5.75 Å². The lowest BCUT2D eigenvalue weighted by Gasteiger charge is -2.28. The molecule has 5 rings (SSSR count). The Balaban J connectivity index is 1.27. The fourth-order valence-electron chi connectivity index (χ4n) is 5.45. The van der Waals surface area contributed by atoms with Crippen LogP contribution in [0.25, 0.3) is 0 Å². The molecule has 3 heterocycles. The molecule has 1 saturated carbocycles. The van der Waals surface area contributed by atoms with E-state index < -0.39 is 0 Å². The fourth-order valence-corrected chi connectivity index (χ4v) is 5.45. The number of hydrogen-bond acceptors (Lipinski definition) is 5. The molecule has 7 heteroatoms. The first-order chi connectivity index (χ1) is 15.6. The van der Waals surface area contributed by atoms with E-state index in [0.717, 1.165) is 61.7 Å². The van der Waals surface area contributed by atoms with Gasteiger partial charge in [-0.15, -0.1) is 0 Å². The highest BCUT2D eigenvalue weighted by Crippen LogP contribution is 2.31. The van der Waals surface area contributed by atoms with Crippen molar-refractivity contribution in [1.29, 1.82) is 0 Å². The van der Waals surface area contributed by atoms with Crippen molar-refractivity contribution in [3.63, 3.8) is 0 Å². The van der Waals surface area contributed by atoms with Crippen molar-refractivity contribution < 1.29 is 9.53 Å². The zero-order chi connectivity index (χ0) is 22.1. The highest BCUT2D eigenvalue weighted by molar-refractivity contribution is 5.79. The van der Waals surface area contributed by atoms with Crippen molar-refractivity contribution in [3.05, 3.63) is 57.3 Å². The molecule has 1 N–H and O–H groups in total. The third kappa shape index (κ3) is 4.31. The van der Waals surface area contributed by atoms with Gasteiger partial charge in [-0.25, -0.2) is 4.98 Å². The van der Waals surface area contributed by atoms with Crippen LogP contribution in [-0.2, 0) is 24.3 Å². The minimum atomic E-state index is -0.00494. The molecule has 0 radical (unpaired) electrons. The lowest BCUT2D eigenvalue weighted by atomic mass is 10.0. The van der Waals surface area contributed by atoms with E-state index >= 15 is 0 Å². The summed E-state index contributed by atoms with van der Waals surface area (Å²) >= 11 is 0. The Morgan fingerprint density at radius 3 is 2.69 bits per heavy atom. The van der Waals surface area contributed by atoms with Gasteiger partial charge in [-0.05, 0) is 43.4 Å². The monoisotopic (exact) mass is 436 g/mol. The van der Waals surface area contributed by atoms with Gasteiger partial charge in [-0.3, -0.25) is 14.5 Å². The maximum absolute atomic E-state index is 12.8. The van der Waals surface area contributed by atoms with E-state index in [4.69, 9.17) is 9.72 Å². The average molecular weight is 437 g/mol. The normalized spacial score (nSPS) is 21.7. The molecule has 1 aliphatic carbocycles. The van der Waals surface area contributed by atoms with Crippen molar-refractivity contribution in [2.75, 3.05) is 26.7 Å². The number of rotatable bonds is 5. The van der Waals surface area contributed by atoms with Gasteiger partial charge in [-0.1, -0.05) is 25.0 Å². The Morgan fingerprint density at radius 2 is 1.94 bits per heavy atom. The summed E-state index contributed by atoms with van der Waals surface area (Å²) in [6.07, 6.45) is 5.97. The third-order valence-corrected chi connectivity index (χ3v) is 7.33. The lowest BCUT2D eigenvalue weighted by molar-refractivity contribution is -0.134. The number of aromatic amines is 1. The number of benzene rings is 1. The standard InChI is InChI=1S/C25H32N4O3/c1-32-20-8-6-17(7-9-20)14-28-12-11-21-22(16-28)26-23(27-24(21)30)19-10-13-29(15-19)25(31)18-4-2-3-5-18/h6-9,18-19H,2-5,10-16H2,1H3,(H,26,27,30)/t19-/m1/s1. The molecule has 1 aromatic heterocycles. The molecule has 2 aromatic rings. The fraction of sp³-hybridized carbons (Fsp3) is 0.560. The first-order valence-electron chi connectivity index (χ1n) is 11.9. The van der Waals surface area contributed by atoms with Gasteiger partial charge in [0.2, 0.25) is 5.91 Å². The van der Waals surface area contributed by atoms with Gasteiger partial charge in [0.05, 0.1) is 12.8 Å². The average Bonchev–Trinajstić information content (AvgIpc) is 3.52. The Morgan fingerprint density at radius 1 is 1.16 bits per heavy atom. The molecule has 32 heavy (non-hydrogen) atoms. The summed E-state index contributed by atoms with van der Waals surface area (Å²) in [5.41, 5.74) is 2.92. The van der Waals surface area contributed by atoms with Crippen LogP contribution in [0.2, 0.25) is 0 Å². The first-order valence-corrected chi connectivity index (χ1v) is 11.9. The molecule has 7 nitrogen and oxygen atoms in total. The number of nitrogens with one attached hydrogen (secondary N) is 1. The van der Waals surface area contributed by atoms with E-state index in [1.807, 2.05) is 17.0 Å². The number of fused-ring (bicyclic) bond motifs is 1. The van der Waals surface area contributed by atoms with Crippen LogP contribution in [0.3, 0.4) is 0 Å². The topological polar surface area (TPSA) is 78.5 Å². The largest absolute Gasteiger partial charge is 0.497 e. The van der Waals surface area contributed by atoms with E-state index in [0.29, 0.717) is 25.4 Å². The molecule has 1 atom stereocenters.